The number of sulfonamides is 1. The number of nitrogens with one attached hydrogen (secondary N) is 1. The standard InChI is InChI=1S/C21H26F2N6O4S/c1-21(31)7-3-4-15(21)29-17-13(10-24)19(25-11-14(17)27-16(18(22)23)20(29)30)26-12-5-8-28(9-6-12)34(2,32)33/h11-12,15,18,31H,3-9H2,1-2H3,(H,25,26)/t15-,21-/m1/s1. The third-order valence-electron chi connectivity index (χ3n) is 6.72. The van der Waals surface area contributed by atoms with Crippen molar-refractivity contribution in [3.05, 3.63) is 27.8 Å². The van der Waals surface area contributed by atoms with Crippen LogP contribution in [0.1, 0.15) is 62.8 Å². The number of pyridine rings is 1. The number of fused-ring (bicyclic) bond motifs is 1. The largest absolute Gasteiger partial charge is 0.388 e. The van der Waals surface area contributed by atoms with Gasteiger partial charge in [0.25, 0.3) is 12.0 Å². The SMILES string of the molecule is C[C@@]1(O)CCC[C@H]1n1c(=O)c(C(F)F)nc2cnc(NC3CCN(S(C)(=O)=O)CC3)c(C#N)c21. The van der Waals surface area contributed by atoms with Crippen LogP contribution >= 0.6 is 0 Å². The molecule has 2 aromatic rings. The lowest BCUT2D eigenvalue weighted by Gasteiger charge is -2.31. The van der Waals surface area contributed by atoms with E-state index in [1.807, 2.05) is 6.07 Å². The van der Waals surface area contributed by atoms with Crippen LogP contribution in [0.4, 0.5) is 14.6 Å². The molecule has 1 saturated heterocycles. The van der Waals surface area contributed by atoms with Crippen molar-refractivity contribution in [3.63, 3.8) is 0 Å². The molecule has 1 aliphatic heterocycles. The first-order chi connectivity index (χ1) is 15.9. The van der Waals surface area contributed by atoms with Crippen molar-refractivity contribution in [3.8, 4) is 6.07 Å². The number of halogens is 2. The molecule has 1 aliphatic carbocycles. The van der Waals surface area contributed by atoms with E-state index in [2.05, 4.69) is 15.3 Å². The molecule has 2 atom stereocenters. The van der Waals surface area contributed by atoms with Crippen molar-refractivity contribution in [1.82, 2.24) is 18.8 Å². The number of nitriles is 1. The van der Waals surface area contributed by atoms with Crippen molar-refractivity contribution >= 4 is 26.9 Å². The van der Waals surface area contributed by atoms with Crippen LogP contribution in [0.25, 0.3) is 11.0 Å². The Morgan fingerprint density at radius 1 is 1.32 bits per heavy atom. The van der Waals surface area contributed by atoms with E-state index >= 15 is 0 Å². The van der Waals surface area contributed by atoms with Gasteiger partial charge in [-0.25, -0.2) is 31.5 Å². The minimum Gasteiger partial charge on any atom is -0.388 e. The minimum atomic E-state index is -3.30. The van der Waals surface area contributed by atoms with Gasteiger partial charge >= 0.3 is 0 Å². The lowest BCUT2D eigenvalue weighted by Crippen LogP contribution is -2.42. The van der Waals surface area contributed by atoms with Crippen molar-refractivity contribution < 1.29 is 22.3 Å². The van der Waals surface area contributed by atoms with Gasteiger partial charge < -0.3 is 10.4 Å². The normalized spacial score (nSPS) is 24.6. The lowest BCUT2D eigenvalue weighted by atomic mass is 9.99. The Morgan fingerprint density at radius 3 is 2.53 bits per heavy atom. The van der Waals surface area contributed by atoms with Crippen LogP contribution in [0.2, 0.25) is 0 Å². The summed E-state index contributed by atoms with van der Waals surface area (Å²) in [7, 11) is -3.30. The molecule has 0 radical (unpaired) electrons. The smallest absolute Gasteiger partial charge is 0.285 e. The maximum absolute atomic E-state index is 13.6. The summed E-state index contributed by atoms with van der Waals surface area (Å²) in [5.74, 6) is 0.158. The van der Waals surface area contributed by atoms with Gasteiger partial charge in [-0.1, -0.05) is 0 Å². The van der Waals surface area contributed by atoms with Gasteiger partial charge in [0.2, 0.25) is 10.0 Å². The fraction of sp³-hybridized carbons (Fsp3) is 0.619. The Balaban J connectivity index is 1.81. The minimum absolute atomic E-state index is 0.0313. The number of rotatable bonds is 5. The van der Waals surface area contributed by atoms with Crippen LogP contribution < -0.4 is 10.9 Å². The number of aromatic nitrogens is 3. The molecule has 2 aliphatic rings. The number of hydrogen-bond acceptors (Lipinski definition) is 8. The fourth-order valence-corrected chi connectivity index (χ4v) is 5.81. The van der Waals surface area contributed by atoms with Crippen molar-refractivity contribution in [2.75, 3.05) is 24.7 Å². The average molecular weight is 497 g/mol. The summed E-state index contributed by atoms with van der Waals surface area (Å²) in [5, 5.41) is 24.0. The Morgan fingerprint density at radius 2 is 2.00 bits per heavy atom. The van der Waals surface area contributed by atoms with Gasteiger partial charge in [0, 0.05) is 19.1 Å². The number of nitrogens with zero attached hydrogens (tertiary/aromatic N) is 5. The van der Waals surface area contributed by atoms with Gasteiger partial charge in [0.1, 0.15) is 23.0 Å². The summed E-state index contributed by atoms with van der Waals surface area (Å²) in [5.41, 5.74) is -3.32. The van der Waals surface area contributed by atoms with E-state index in [9.17, 15) is 32.4 Å². The molecular formula is C21H26F2N6O4S. The molecule has 0 unspecified atom stereocenters. The molecule has 1 saturated carbocycles. The van der Waals surface area contributed by atoms with Crippen molar-refractivity contribution in [1.29, 1.82) is 5.26 Å². The van der Waals surface area contributed by atoms with Gasteiger partial charge in [0.15, 0.2) is 5.69 Å². The highest BCUT2D eigenvalue weighted by molar-refractivity contribution is 7.88. The van der Waals surface area contributed by atoms with Crippen molar-refractivity contribution in [2.24, 2.45) is 0 Å². The molecule has 2 fully saturated rings. The molecule has 13 heteroatoms. The summed E-state index contributed by atoms with van der Waals surface area (Å²) in [6.45, 7) is 2.16. The first kappa shape index (κ1) is 24.4. The van der Waals surface area contributed by atoms with E-state index in [4.69, 9.17) is 0 Å². The predicted molar refractivity (Wildman–Crippen MR) is 120 cm³/mol. The second kappa shape index (κ2) is 8.83. The second-order valence-electron chi connectivity index (χ2n) is 9.15. The molecule has 2 aromatic heterocycles. The highest BCUT2D eigenvalue weighted by Gasteiger charge is 2.41. The highest BCUT2D eigenvalue weighted by atomic mass is 32.2. The predicted octanol–water partition coefficient (Wildman–Crippen LogP) is 1.91. The van der Waals surface area contributed by atoms with E-state index < -0.39 is 39.3 Å². The Kier molecular flexibility index (Phi) is 6.34. The Hall–Kier alpha value is -2.69. The lowest BCUT2D eigenvalue weighted by molar-refractivity contribution is 0.0261. The highest BCUT2D eigenvalue weighted by Crippen LogP contribution is 2.40. The van der Waals surface area contributed by atoms with Gasteiger partial charge in [-0.15, -0.1) is 0 Å². The van der Waals surface area contributed by atoms with E-state index in [-0.39, 0.29) is 28.5 Å². The molecule has 0 bridgehead atoms. The van der Waals surface area contributed by atoms with Crippen LogP contribution in [-0.2, 0) is 10.0 Å². The van der Waals surface area contributed by atoms with Gasteiger partial charge in [-0.3, -0.25) is 9.36 Å². The van der Waals surface area contributed by atoms with Gasteiger partial charge in [-0.2, -0.15) is 5.26 Å². The van der Waals surface area contributed by atoms with Crippen LogP contribution in [0, 0.1) is 11.3 Å². The zero-order valence-corrected chi connectivity index (χ0v) is 19.6. The van der Waals surface area contributed by atoms with Crippen molar-refractivity contribution in [2.45, 2.75) is 63.1 Å². The topological polar surface area (TPSA) is 141 Å². The molecule has 184 valence electrons. The van der Waals surface area contributed by atoms with Crippen LogP contribution in [0.15, 0.2) is 11.0 Å². The van der Waals surface area contributed by atoms with Gasteiger partial charge in [0.05, 0.1) is 29.6 Å². The quantitative estimate of drug-likeness (QED) is 0.640. The van der Waals surface area contributed by atoms with E-state index in [0.29, 0.717) is 45.2 Å². The second-order valence-corrected chi connectivity index (χ2v) is 11.1. The number of aliphatic hydroxyl groups is 1. The zero-order chi connectivity index (χ0) is 24.8. The number of hydrogen-bond donors (Lipinski definition) is 2. The van der Waals surface area contributed by atoms with Crippen LogP contribution in [-0.4, -0.2) is 63.4 Å². The van der Waals surface area contributed by atoms with Crippen LogP contribution in [0.3, 0.4) is 0 Å². The molecular weight excluding hydrogens is 470 g/mol. The maximum atomic E-state index is 13.6. The third kappa shape index (κ3) is 4.37. The van der Waals surface area contributed by atoms with Crippen LogP contribution in [0.5, 0.6) is 0 Å². The summed E-state index contributed by atoms with van der Waals surface area (Å²) >= 11 is 0. The number of piperidine rings is 1. The summed E-state index contributed by atoms with van der Waals surface area (Å²) in [6, 6.07) is 1.04. The molecule has 2 N–H and O–H groups in total. The first-order valence-corrected chi connectivity index (χ1v) is 12.9. The number of anilines is 1. The van der Waals surface area contributed by atoms with Gasteiger partial charge in [-0.05, 0) is 39.0 Å². The average Bonchev–Trinajstić information content (AvgIpc) is 3.11. The summed E-state index contributed by atoms with van der Waals surface area (Å²) in [6.07, 6.45) is 1.57. The summed E-state index contributed by atoms with van der Waals surface area (Å²) < 4.78 is 53.2. The molecule has 0 amide bonds. The molecule has 3 heterocycles. The van der Waals surface area contributed by atoms with E-state index in [0.717, 1.165) is 10.8 Å². The number of alkyl halides is 2. The van der Waals surface area contributed by atoms with E-state index in [1.165, 1.54) is 10.5 Å². The molecule has 0 aromatic carbocycles. The molecule has 34 heavy (non-hydrogen) atoms. The first-order valence-electron chi connectivity index (χ1n) is 11.0. The third-order valence-corrected chi connectivity index (χ3v) is 8.03. The Labute approximate surface area is 195 Å². The molecule has 10 nitrogen and oxygen atoms in total. The monoisotopic (exact) mass is 496 g/mol. The Bertz CT molecular complexity index is 1310. The molecule has 4 rings (SSSR count). The fourth-order valence-electron chi connectivity index (χ4n) is 4.94. The zero-order valence-electron chi connectivity index (χ0n) is 18.8. The molecule has 0 spiro atoms. The summed E-state index contributed by atoms with van der Waals surface area (Å²) in [4.78, 5) is 21.1. The maximum Gasteiger partial charge on any atom is 0.285 e. The van der Waals surface area contributed by atoms with E-state index in [1.54, 1.807) is 6.92 Å².